The number of hydrogen-bond donors (Lipinski definition) is 3. The molecule has 1 atom stereocenters. The van der Waals surface area contributed by atoms with E-state index in [1.807, 2.05) is 0 Å². The largest absolute Gasteiger partial charge is 0.480 e. The summed E-state index contributed by atoms with van der Waals surface area (Å²) in [6, 6.07) is 1.05. The number of carboxylic acid groups (broad SMARTS) is 1. The lowest BCUT2D eigenvalue weighted by molar-refractivity contribution is -0.141. The van der Waals surface area contributed by atoms with E-state index in [9.17, 15) is 9.59 Å². The number of benzene rings is 1. The zero-order valence-corrected chi connectivity index (χ0v) is 13.9. The Labute approximate surface area is 137 Å². The predicted octanol–water partition coefficient (Wildman–Crippen LogP) is 4.27. The van der Waals surface area contributed by atoms with Gasteiger partial charge < -0.3 is 15.7 Å². The van der Waals surface area contributed by atoms with Gasteiger partial charge in [0.1, 0.15) is 6.04 Å². The topological polar surface area (TPSA) is 78.4 Å². The van der Waals surface area contributed by atoms with Gasteiger partial charge in [-0.3, -0.25) is 0 Å². The summed E-state index contributed by atoms with van der Waals surface area (Å²) in [6.45, 7) is 5.11. The highest BCUT2D eigenvalue weighted by molar-refractivity contribution is 6.42. The fourth-order valence-electron chi connectivity index (χ4n) is 1.59. The zero-order chi connectivity index (χ0) is 16.4. The molecule has 0 fully saturated rings. The second-order valence-corrected chi connectivity index (χ2v) is 6.73. The maximum absolute atomic E-state index is 11.9. The van der Waals surface area contributed by atoms with Crippen LogP contribution in [-0.2, 0) is 4.79 Å². The van der Waals surface area contributed by atoms with Crippen molar-refractivity contribution in [2.24, 2.45) is 5.41 Å². The number of amides is 2. The van der Waals surface area contributed by atoms with Crippen LogP contribution in [0.2, 0.25) is 15.1 Å². The molecule has 0 heterocycles. The van der Waals surface area contributed by atoms with Crippen molar-refractivity contribution in [1.29, 1.82) is 0 Å². The second kappa shape index (κ2) is 6.73. The molecule has 5 nitrogen and oxygen atoms in total. The molecule has 3 N–H and O–H groups in total. The van der Waals surface area contributed by atoms with Crippen molar-refractivity contribution in [1.82, 2.24) is 5.32 Å². The summed E-state index contributed by atoms with van der Waals surface area (Å²) in [7, 11) is 0. The Morgan fingerprint density at radius 2 is 1.62 bits per heavy atom. The van der Waals surface area contributed by atoms with Crippen LogP contribution in [0.3, 0.4) is 0 Å². The Balaban J connectivity index is 2.90. The molecule has 1 aromatic rings. The first kappa shape index (κ1) is 17.9. The first-order valence-electron chi connectivity index (χ1n) is 5.97. The molecule has 0 aliphatic rings. The highest BCUT2D eigenvalue weighted by Crippen LogP contribution is 2.33. The third kappa shape index (κ3) is 4.95. The maximum Gasteiger partial charge on any atom is 0.326 e. The van der Waals surface area contributed by atoms with Gasteiger partial charge in [-0.15, -0.1) is 0 Å². The number of carbonyl (C=O) groups is 2. The molecule has 0 bridgehead atoms. The first-order valence-corrected chi connectivity index (χ1v) is 7.10. The van der Waals surface area contributed by atoms with E-state index in [1.165, 1.54) is 12.1 Å². The Hall–Kier alpha value is -1.17. The van der Waals surface area contributed by atoms with Crippen molar-refractivity contribution in [2.75, 3.05) is 5.32 Å². The lowest BCUT2D eigenvalue weighted by Crippen LogP contribution is -2.50. The summed E-state index contributed by atoms with van der Waals surface area (Å²) >= 11 is 17.6. The van der Waals surface area contributed by atoms with Crippen LogP contribution in [-0.4, -0.2) is 23.1 Å². The Morgan fingerprint density at radius 3 is 2.00 bits per heavy atom. The third-order valence-corrected chi connectivity index (χ3v) is 3.45. The number of hydrogen-bond acceptors (Lipinski definition) is 2. The van der Waals surface area contributed by atoms with Crippen LogP contribution in [0.1, 0.15) is 20.8 Å². The Morgan fingerprint density at radius 1 is 1.14 bits per heavy atom. The van der Waals surface area contributed by atoms with Crippen molar-refractivity contribution in [3.8, 4) is 0 Å². The monoisotopic (exact) mass is 352 g/mol. The van der Waals surface area contributed by atoms with Crippen LogP contribution >= 0.6 is 34.8 Å². The van der Waals surface area contributed by atoms with E-state index in [4.69, 9.17) is 39.9 Å². The van der Waals surface area contributed by atoms with E-state index < -0.39 is 23.5 Å². The van der Waals surface area contributed by atoms with Crippen molar-refractivity contribution in [2.45, 2.75) is 26.8 Å². The van der Waals surface area contributed by atoms with Crippen molar-refractivity contribution < 1.29 is 14.7 Å². The van der Waals surface area contributed by atoms with E-state index in [-0.39, 0.29) is 15.7 Å². The van der Waals surface area contributed by atoms with Gasteiger partial charge in [0.25, 0.3) is 0 Å². The van der Waals surface area contributed by atoms with Crippen LogP contribution in [0, 0.1) is 5.41 Å². The molecule has 0 saturated carbocycles. The van der Waals surface area contributed by atoms with Gasteiger partial charge in [0.05, 0.1) is 15.7 Å². The molecule has 116 valence electrons. The summed E-state index contributed by atoms with van der Waals surface area (Å²) in [4.78, 5) is 23.1. The maximum atomic E-state index is 11.9. The van der Waals surface area contributed by atoms with Gasteiger partial charge in [-0.2, -0.15) is 0 Å². The minimum atomic E-state index is -1.13. The number of anilines is 1. The lowest BCUT2D eigenvalue weighted by atomic mass is 9.87. The molecule has 1 aromatic carbocycles. The number of rotatable bonds is 3. The van der Waals surface area contributed by atoms with Gasteiger partial charge in [0.15, 0.2) is 0 Å². The molecule has 0 spiro atoms. The van der Waals surface area contributed by atoms with E-state index in [0.717, 1.165) is 0 Å². The van der Waals surface area contributed by atoms with Gasteiger partial charge in [-0.05, 0) is 17.5 Å². The molecule has 0 unspecified atom stereocenters. The lowest BCUT2D eigenvalue weighted by Gasteiger charge is -2.27. The number of carboxylic acids is 1. The first-order chi connectivity index (χ1) is 9.52. The fourth-order valence-corrected chi connectivity index (χ4v) is 2.50. The van der Waals surface area contributed by atoms with E-state index in [2.05, 4.69) is 10.6 Å². The third-order valence-electron chi connectivity index (χ3n) is 2.63. The number of halogens is 3. The van der Waals surface area contributed by atoms with E-state index in [0.29, 0.717) is 5.02 Å². The number of aliphatic carboxylic acids is 1. The average Bonchev–Trinajstić information content (AvgIpc) is 2.28. The molecule has 2 amide bonds. The van der Waals surface area contributed by atoms with Crippen molar-refractivity contribution in [3.05, 3.63) is 27.2 Å². The van der Waals surface area contributed by atoms with Gasteiger partial charge in [0.2, 0.25) is 0 Å². The van der Waals surface area contributed by atoms with Crippen LogP contribution in [0.4, 0.5) is 10.5 Å². The SMILES string of the molecule is CC(C)(C)[C@H](NC(=O)Nc1c(Cl)cc(Cl)cc1Cl)C(=O)O. The molecule has 1 rings (SSSR count). The molecular weight excluding hydrogens is 339 g/mol. The van der Waals surface area contributed by atoms with E-state index >= 15 is 0 Å². The second-order valence-electron chi connectivity index (χ2n) is 5.48. The predicted molar refractivity (Wildman–Crippen MR) is 84.5 cm³/mol. The zero-order valence-electron chi connectivity index (χ0n) is 11.6. The number of urea groups is 1. The summed E-state index contributed by atoms with van der Waals surface area (Å²) < 4.78 is 0. The molecule has 8 heteroatoms. The van der Waals surface area contributed by atoms with Gasteiger partial charge in [0, 0.05) is 5.02 Å². The smallest absolute Gasteiger partial charge is 0.326 e. The summed E-state index contributed by atoms with van der Waals surface area (Å²) in [5.41, 5.74) is -0.491. The van der Waals surface area contributed by atoms with Crippen LogP contribution in [0.15, 0.2) is 12.1 Å². The number of carbonyl (C=O) groups excluding carboxylic acids is 1. The molecule has 0 aliphatic carbocycles. The molecule has 0 aromatic heterocycles. The van der Waals surface area contributed by atoms with Crippen molar-refractivity contribution >= 4 is 52.5 Å². The quantitative estimate of drug-likeness (QED) is 0.759. The average molecular weight is 354 g/mol. The van der Waals surface area contributed by atoms with Crippen LogP contribution in [0.25, 0.3) is 0 Å². The standard InChI is InChI=1S/C13H15Cl3N2O3/c1-13(2,3)10(11(19)20)18-12(21)17-9-7(15)4-6(14)5-8(9)16/h4-5,10H,1-3H3,(H,19,20)(H2,17,18,21)/t10-/m1/s1. The Kier molecular flexibility index (Phi) is 5.73. The van der Waals surface area contributed by atoms with Crippen molar-refractivity contribution in [3.63, 3.8) is 0 Å². The molecule has 21 heavy (non-hydrogen) atoms. The summed E-state index contributed by atoms with van der Waals surface area (Å²) in [6.07, 6.45) is 0. The summed E-state index contributed by atoms with van der Waals surface area (Å²) in [5.74, 6) is -1.13. The van der Waals surface area contributed by atoms with E-state index in [1.54, 1.807) is 20.8 Å². The number of nitrogens with one attached hydrogen (secondary N) is 2. The minimum Gasteiger partial charge on any atom is -0.480 e. The highest BCUT2D eigenvalue weighted by Gasteiger charge is 2.32. The summed E-state index contributed by atoms with van der Waals surface area (Å²) in [5, 5.41) is 14.6. The normalized spacial score (nSPS) is 12.7. The van der Waals surface area contributed by atoms with Gasteiger partial charge >= 0.3 is 12.0 Å². The van der Waals surface area contributed by atoms with Crippen LogP contribution in [0.5, 0.6) is 0 Å². The molecule has 0 radical (unpaired) electrons. The minimum absolute atomic E-state index is 0.158. The van der Waals surface area contributed by atoms with Gasteiger partial charge in [-0.1, -0.05) is 55.6 Å². The fraction of sp³-hybridized carbons (Fsp3) is 0.385. The Bertz CT molecular complexity index is 547. The molecule has 0 aliphatic heterocycles. The molecule has 0 saturated heterocycles. The molecular formula is C13H15Cl3N2O3. The highest BCUT2D eigenvalue weighted by atomic mass is 35.5. The van der Waals surface area contributed by atoms with Crippen LogP contribution < -0.4 is 10.6 Å². The van der Waals surface area contributed by atoms with Gasteiger partial charge in [-0.25, -0.2) is 9.59 Å².